The minimum Gasteiger partial charge on any atom is -0.493 e. The van der Waals surface area contributed by atoms with Gasteiger partial charge in [0.05, 0.1) is 26.3 Å². The normalized spacial score (nSPS) is 11.3. The fourth-order valence-corrected chi connectivity index (χ4v) is 3.24. The number of fused-ring (bicyclic) bond motifs is 1. The smallest absolute Gasteiger partial charge is 0.416 e. The maximum atomic E-state index is 12.7. The molecule has 4 aromatic rings. The number of alkyl halides is 3. The molecule has 0 spiro atoms. The summed E-state index contributed by atoms with van der Waals surface area (Å²) >= 11 is 0. The average Bonchev–Trinajstić information content (AvgIpc) is 3.29. The molecule has 182 valence electrons. The first-order valence-corrected chi connectivity index (χ1v) is 10.3. The minimum atomic E-state index is -4.46. The number of rotatable bonds is 8. The topological polar surface area (TPSA) is 99.9 Å². The summed E-state index contributed by atoms with van der Waals surface area (Å²) < 4.78 is 55.7. The molecule has 0 saturated heterocycles. The summed E-state index contributed by atoms with van der Waals surface area (Å²) in [5.41, 5.74) is 0.489. The molecule has 0 aliphatic carbocycles. The number of carbonyl (C=O) groups is 1. The Bertz CT molecular complexity index is 1340. The number of amides is 1. The summed E-state index contributed by atoms with van der Waals surface area (Å²) in [6.45, 7) is 0.197. The minimum absolute atomic E-state index is 0.0820. The molecule has 4 rings (SSSR count). The standard InChI is InChI=1S/C23H20F3N5O4/c1-33-17-8-5-15(13-18(17)34-2)21-29-28-19-9-10-20(30-31(19)21)35-12-11-27-22(32)14-3-6-16(7-4-14)23(24,25)26/h3-10,13H,11-12H2,1-2H3,(H,27,32). The van der Waals surface area contributed by atoms with Crippen molar-refractivity contribution in [3.05, 3.63) is 65.7 Å². The van der Waals surface area contributed by atoms with Crippen molar-refractivity contribution in [2.75, 3.05) is 27.4 Å². The van der Waals surface area contributed by atoms with Crippen LogP contribution in [-0.4, -0.2) is 53.1 Å². The van der Waals surface area contributed by atoms with Gasteiger partial charge in [0.2, 0.25) is 5.88 Å². The number of hydrogen-bond acceptors (Lipinski definition) is 7. The van der Waals surface area contributed by atoms with Crippen molar-refractivity contribution in [3.63, 3.8) is 0 Å². The number of methoxy groups -OCH3 is 2. The summed E-state index contributed by atoms with van der Waals surface area (Å²) in [4.78, 5) is 12.2. The van der Waals surface area contributed by atoms with Gasteiger partial charge in [-0.1, -0.05) is 0 Å². The van der Waals surface area contributed by atoms with E-state index in [9.17, 15) is 18.0 Å². The Hall–Kier alpha value is -4.35. The highest BCUT2D eigenvalue weighted by atomic mass is 19.4. The van der Waals surface area contributed by atoms with Gasteiger partial charge >= 0.3 is 6.18 Å². The fourth-order valence-electron chi connectivity index (χ4n) is 3.24. The SMILES string of the molecule is COc1ccc(-c2nnc3ccc(OCCNC(=O)c4ccc(C(F)(F)F)cc4)nn23)cc1OC. The number of halogens is 3. The van der Waals surface area contributed by atoms with E-state index in [2.05, 4.69) is 20.6 Å². The van der Waals surface area contributed by atoms with Crippen LogP contribution >= 0.6 is 0 Å². The van der Waals surface area contributed by atoms with Gasteiger partial charge in [-0.05, 0) is 48.5 Å². The van der Waals surface area contributed by atoms with Gasteiger partial charge in [0.25, 0.3) is 5.91 Å². The molecule has 0 unspecified atom stereocenters. The van der Waals surface area contributed by atoms with E-state index in [1.807, 2.05) is 0 Å². The van der Waals surface area contributed by atoms with Crippen LogP contribution in [0.25, 0.3) is 17.0 Å². The lowest BCUT2D eigenvalue weighted by atomic mass is 10.1. The Balaban J connectivity index is 1.39. The molecule has 2 aromatic heterocycles. The lowest BCUT2D eigenvalue weighted by molar-refractivity contribution is -0.137. The molecule has 0 atom stereocenters. The Labute approximate surface area is 197 Å². The van der Waals surface area contributed by atoms with Gasteiger partial charge in [-0.25, -0.2) is 0 Å². The van der Waals surface area contributed by atoms with Crippen molar-refractivity contribution in [1.82, 2.24) is 25.1 Å². The van der Waals surface area contributed by atoms with Gasteiger partial charge < -0.3 is 19.5 Å². The monoisotopic (exact) mass is 487 g/mol. The molecule has 2 heterocycles. The molecule has 0 aliphatic heterocycles. The number of nitrogens with one attached hydrogen (secondary N) is 1. The Kier molecular flexibility index (Phi) is 6.71. The molecule has 1 N–H and O–H groups in total. The van der Waals surface area contributed by atoms with Crippen molar-refractivity contribution in [1.29, 1.82) is 0 Å². The highest BCUT2D eigenvalue weighted by Crippen LogP contribution is 2.32. The van der Waals surface area contributed by atoms with E-state index in [0.717, 1.165) is 24.3 Å². The van der Waals surface area contributed by atoms with Gasteiger partial charge in [-0.3, -0.25) is 4.79 Å². The molecule has 0 bridgehead atoms. The van der Waals surface area contributed by atoms with Crippen LogP contribution in [0.3, 0.4) is 0 Å². The summed E-state index contributed by atoms with van der Waals surface area (Å²) in [6.07, 6.45) is -4.46. The molecule has 9 nitrogen and oxygen atoms in total. The van der Waals surface area contributed by atoms with Crippen LogP contribution in [0.2, 0.25) is 0 Å². The van der Waals surface area contributed by atoms with Crippen LogP contribution in [-0.2, 0) is 6.18 Å². The van der Waals surface area contributed by atoms with Gasteiger partial charge in [-0.15, -0.1) is 15.3 Å². The third-order valence-corrected chi connectivity index (χ3v) is 4.99. The Morgan fingerprint density at radius 1 is 0.971 bits per heavy atom. The first-order chi connectivity index (χ1) is 16.8. The molecule has 35 heavy (non-hydrogen) atoms. The van der Waals surface area contributed by atoms with Crippen LogP contribution in [0.4, 0.5) is 13.2 Å². The number of benzene rings is 2. The number of hydrogen-bond donors (Lipinski definition) is 1. The molecular formula is C23H20F3N5O4. The molecule has 1 amide bonds. The van der Waals surface area contributed by atoms with Crippen LogP contribution in [0.5, 0.6) is 17.4 Å². The molecule has 0 radical (unpaired) electrons. The lowest BCUT2D eigenvalue weighted by Gasteiger charge is -2.10. The highest BCUT2D eigenvalue weighted by molar-refractivity contribution is 5.94. The Morgan fingerprint density at radius 2 is 1.71 bits per heavy atom. The maximum Gasteiger partial charge on any atom is 0.416 e. The zero-order chi connectivity index (χ0) is 25.0. The number of carbonyl (C=O) groups excluding carboxylic acids is 1. The molecule has 0 aliphatic rings. The quantitative estimate of drug-likeness (QED) is 0.379. The van der Waals surface area contributed by atoms with Crippen LogP contribution in [0.1, 0.15) is 15.9 Å². The van der Waals surface area contributed by atoms with Gasteiger partial charge in [-0.2, -0.15) is 17.7 Å². The number of aromatic nitrogens is 4. The van der Waals surface area contributed by atoms with E-state index in [-0.39, 0.29) is 24.6 Å². The second-order valence-electron chi connectivity index (χ2n) is 7.21. The predicted molar refractivity (Wildman–Crippen MR) is 119 cm³/mol. The number of ether oxygens (including phenoxy) is 3. The van der Waals surface area contributed by atoms with E-state index in [1.165, 1.54) is 11.6 Å². The predicted octanol–water partition coefficient (Wildman–Crippen LogP) is 3.64. The van der Waals surface area contributed by atoms with Crippen LogP contribution in [0.15, 0.2) is 54.6 Å². The molecule has 0 fully saturated rings. The van der Waals surface area contributed by atoms with Crippen molar-refractivity contribution >= 4 is 11.6 Å². The third kappa shape index (κ3) is 5.26. The van der Waals surface area contributed by atoms with E-state index in [1.54, 1.807) is 37.4 Å². The van der Waals surface area contributed by atoms with E-state index >= 15 is 0 Å². The average molecular weight is 487 g/mol. The van der Waals surface area contributed by atoms with Gasteiger partial charge in [0.15, 0.2) is 23.0 Å². The largest absolute Gasteiger partial charge is 0.493 e. The van der Waals surface area contributed by atoms with E-state index < -0.39 is 17.6 Å². The van der Waals surface area contributed by atoms with Gasteiger partial charge in [0.1, 0.15) is 6.61 Å². The van der Waals surface area contributed by atoms with Crippen LogP contribution in [0, 0.1) is 0 Å². The Morgan fingerprint density at radius 3 is 2.40 bits per heavy atom. The first-order valence-electron chi connectivity index (χ1n) is 10.3. The summed E-state index contributed by atoms with van der Waals surface area (Å²) in [7, 11) is 3.07. The molecule has 2 aromatic carbocycles. The summed E-state index contributed by atoms with van der Waals surface area (Å²) in [5, 5.41) is 15.3. The van der Waals surface area contributed by atoms with Crippen molar-refractivity contribution in [2.24, 2.45) is 0 Å². The summed E-state index contributed by atoms with van der Waals surface area (Å²) in [6, 6.07) is 12.5. The molecule has 12 heteroatoms. The van der Waals surface area contributed by atoms with E-state index in [4.69, 9.17) is 14.2 Å². The van der Waals surface area contributed by atoms with Crippen molar-refractivity contribution < 1.29 is 32.2 Å². The van der Waals surface area contributed by atoms with Gasteiger partial charge in [0, 0.05) is 17.2 Å². The second kappa shape index (κ2) is 9.87. The number of nitrogens with zero attached hydrogens (tertiary/aromatic N) is 4. The van der Waals surface area contributed by atoms with Crippen molar-refractivity contribution in [3.8, 4) is 28.8 Å². The third-order valence-electron chi connectivity index (χ3n) is 4.99. The van der Waals surface area contributed by atoms with Crippen LogP contribution < -0.4 is 19.5 Å². The first kappa shape index (κ1) is 23.8. The fraction of sp³-hybridized carbons (Fsp3) is 0.217. The van der Waals surface area contributed by atoms with Crippen molar-refractivity contribution in [2.45, 2.75) is 6.18 Å². The lowest BCUT2D eigenvalue weighted by Crippen LogP contribution is -2.28. The zero-order valence-corrected chi connectivity index (χ0v) is 18.7. The summed E-state index contributed by atoms with van der Waals surface area (Å²) in [5.74, 6) is 1.31. The highest BCUT2D eigenvalue weighted by Gasteiger charge is 2.30. The van der Waals surface area contributed by atoms with E-state index in [0.29, 0.717) is 28.5 Å². The second-order valence-corrected chi connectivity index (χ2v) is 7.21. The molecular weight excluding hydrogens is 467 g/mol. The zero-order valence-electron chi connectivity index (χ0n) is 18.7. The molecule has 0 saturated carbocycles. The maximum absolute atomic E-state index is 12.7.